The number of aryl methyl sites for hydroxylation is 1. The molecular weight excluding hydrogens is 334 g/mol. The molecule has 1 atom stereocenters. The summed E-state index contributed by atoms with van der Waals surface area (Å²) in [6.45, 7) is 4.91. The van der Waals surface area contributed by atoms with Gasteiger partial charge in [0.05, 0.1) is 12.0 Å². The van der Waals surface area contributed by atoms with E-state index in [1.54, 1.807) is 0 Å². The molecule has 1 spiro atoms. The number of nitrogens with one attached hydrogen (secondary N) is 1. The third-order valence-corrected chi connectivity index (χ3v) is 7.27. The van der Waals surface area contributed by atoms with Crippen LogP contribution in [-0.4, -0.2) is 12.3 Å². The Labute approximate surface area is 160 Å². The van der Waals surface area contributed by atoms with Crippen LogP contribution in [0.15, 0.2) is 57.2 Å². The Morgan fingerprint density at radius 2 is 2.00 bits per heavy atom. The molecule has 0 amide bonds. The molecule has 2 heterocycles. The van der Waals surface area contributed by atoms with Gasteiger partial charge in [-0.05, 0) is 43.6 Å². The highest BCUT2D eigenvalue weighted by Crippen LogP contribution is 2.56. The van der Waals surface area contributed by atoms with Crippen LogP contribution in [0.4, 0.5) is 0 Å². The van der Waals surface area contributed by atoms with Crippen molar-refractivity contribution in [2.75, 3.05) is 6.54 Å². The molecule has 0 aromatic heterocycles. The summed E-state index contributed by atoms with van der Waals surface area (Å²) in [5, 5.41) is 12.3. The van der Waals surface area contributed by atoms with Crippen LogP contribution in [-0.2, 0) is 10.2 Å². The monoisotopic (exact) mass is 361 g/mol. The van der Waals surface area contributed by atoms with Crippen LogP contribution in [0.5, 0.6) is 0 Å². The van der Waals surface area contributed by atoms with E-state index in [9.17, 15) is 4.79 Å². The Kier molecular flexibility index (Phi) is 3.68. The van der Waals surface area contributed by atoms with Crippen LogP contribution in [0.25, 0.3) is 0 Å². The molecule has 1 aromatic rings. The van der Waals surface area contributed by atoms with Crippen molar-refractivity contribution in [2.24, 2.45) is 15.6 Å². The SMILES string of the molecule is CCC1(c2cccc(C)c2)C2=C(N=NC2)NC2=C1C(=O)CC1(CCCC1)C2. The predicted molar refractivity (Wildman–Crippen MR) is 105 cm³/mol. The number of allylic oxidation sites excluding steroid dienone is 2. The molecule has 1 aromatic carbocycles. The standard InChI is InChI=1S/C23H27N3O/c1-3-23(16-8-6-7-15(2)11-16)17-14-24-26-21(17)25-18-12-22(9-4-5-10-22)13-19(27)20(18)23/h6-8,11,25H,3-5,9-10,12-14H2,1-2H3. The fourth-order valence-corrected chi connectivity index (χ4v) is 6.07. The largest absolute Gasteiger partial charge is 0.342 e. The first-order valence-electron chi connectivity index (χ1n) is 10.3. The molecule has 1 fully saturated rings. The average Bonchev–Trinajstić information content (AvgIpc) is 3.29. The van der Waals surface area contributed by atoms with E-state index in [0.29, 0.717) is 18.7 Å². The predicted octanol–water partition coefficient (Wildman–Crippen LogP) is 5.10. The average molecular weight is 361 g/mol. The molecule has 1 N–H and O–H groups in total. The van der Waals surface area contributed by atoms with E-state index in [1.165, 1.54) is 42.4 Å². The molecule has 4 heteroatoms. The second-order valence-electron chi connectivity index (χ2n) is 8.82. The molecule has 140 valence electrons. The zero-order valence-electron chi connectivity index (χ0n) is 16.3. The first-order valence-corrected chi connectivity index (χ1v) is 10.3. The number of Topliss-reactive ketones (excluding diaryl/α,β-unsaturated/α-hetero) is 1. The van der Waals surface area contributed by atoms with E-state index >= 15 is 0 Å². The number of benzene rings is 1. The lowest BCUT2D eigenvalue weighted by atomic mass is 9.58. The maximum Gasteiger partial charge on any atom is 0.162 e. The second-order valence-corrected chi connectivity index (χ2v) is 8.82. The molecule has 1 unspecified atom stereocenters. The van der Waals surface area contributed by atoms with Crippen LogP contribution < -0.4 is 5.32 Å². The second kappa shape index (κ2) is 5.88. The molecule has 4 aliphatic rings. The van der Waals surface area contributed by atoms with Crippen LogP contribution in [0.2, 0.25) is 0 Å². The summed E-state index contributed by atoms with van der Waals surface area (Å²) in [5.41, 5.74) is 5.52. The van der Waals surface area contributed by atoms with Gasteiger partial charge in [-0.3, -0.25) is 4.79 Å². The van der Waals surface area contributed by atoms with Crippen molar-refractivity contribution in [2.45, 2.75) is 64.2 Å². The molecule has 0 bridgehead atoms. The quantitative estimate of drug-likeness (QED) is 0.796. The van der Waals surface area contributed by atoms with Gasteiger partial charge in [0.15, 0.2) is 11.6 Å². The number of hydrogen-bond donors (Lipinski definition) is 1. The van der Waals surface area contributed by atoms with E-state index < -0.39 is 0 Å². The Morgan fingerprint density at radius 1 is 1.19 bits per heavy atom. The van der Waals surface area contributed by atoms with E-state index in [1.807, 2.05) is 0 Å². The third kappa shape index (κ3) is 2.31. The Balaban J connectivity index is 1.73. The topological polar surface area (TPSA) is 53.8 Å². The van der Waals surface area contributed by atoms with Gasteiger partial charge in [-0.1, -0.05) is 49.6 Å². The molecule has 2 aliphatic heterocycles. The number of azo groups is 1. The highest BCUT2D eigenvalue weighted by molar-refractivity contribution is 6.01. The summed E-state index contributed by atoms with van der Waals surface area (Å²) in [7, 11) is 0. The molecular formula is C23H27N3O. The smallest absolute Gasteiger partial charge is 0.162 e. The minimum absolute atomic E-state index is 0.169. The van der Waals surface area contributed by atoms with Crippen LogP contribution >= 0.6 is 0 Å². The van der Waals surface area contributed by atoms with E-state index in [4.69, 9.17) is 0 Å². The first-order chi connectivity index (χ1) is 13.1. The van der Waals surface area contributed by atoms with E-state index in [0.717, 1.165) is 29.9 Å². The van der Waals surface area contributed by atoms with Gasteiger partial charge < -0.3 is 5.32 Å². The van der Waals surface area contributed by atoms with Gasteiger partial charge in [0.1, 0.15) is 0 Å². The summed E-state index contributed by atoms with van der Waals surface area (Å²) in [4.78, 5) is 13.6. The molecule has 4 nitrogen and oxygen atoms in total. The summed E-state index contributed by atoms with van der Waals surface area (Å²) in [6, 6.07) is 8.66. The number of ketones is 1. The molecule has 5 rings (SSSR count). The summed E-state index contributed by atoms with van der Waals surface area (Å²) in [5.74, 6) is 1.23. The van der Waals surface area contributed by atoms with Gasteiger partial charge in [0, 0.05) is 23.3 Å². The Morgan fingerprint density at radius 3 is 2.74 bits per heavy atom. The first kappa shape index (κ1) is 16.9. The number of rotatable bonds is 2. The lowest BCUT2D eigenvalue weighted by molar-refractivity contribution is -0.119. The van der Waals surface area contributed by atoms with Crippen molar-refractivity contribution < 1.29 is 4.79 Å². The normalized spacial score (nSPS) is 28.6. The van der Waals surface area contributed by atoms with Crippen molar-refractivity contribution in [3.05, 3.63) is 58.1 Å². The van der Waals surface area contributed by atoms with E-state index in [-0.39, 0.29) is 10.8 Å². The lowest BCUT2D eigenvalue weighted by Crippen LogP contribution is -2.46. The summed E-state index contributed by atoms with van der Waals surface area (Å²) < 4.78 is 0. The van der Waals surface area contributed by atoms with Gasteiger partial charge in [0.2, 0.25) is 0 Å². The highest BCUT2D eigenvalue weighted by atomic mass is 16.1. The zero-order valence-corrected chi connectivity index (χ0v) is 16.3. The summed E-state index contributed by atoms with van der Waals surface area (Å²) in [6.07, 6.45) is 7.40. The van der Waals surface area contributed by atoms with Crippen molar-refractivity contribution in [3.63, 3.8) is 0 Å². The number of dihydropyridines is 1. The number of nitrogens with zero attached hydrogens (tertiary/aromatic N) is 2. The Bertz CT molecular complexity index is 917. The van der Waals surface area contributed by atoms with Crippen LogP contribution in [0.3, 0.4) is 0 Å². The molecule has 27 heavy (non-hydrogen) atoms. The van der Waals surface area contributed by atoms with Gasteiger partial charge in [-0.15, -0.1) is 5.11 Å². The lowest BCUT2D eigenvalue weighted by Gasteiger charge is -2.46. The minimum atomic E-state index is -0.386. The van der Waals surface area contributed by atoms with Gasteiger partial charge >= 0.3 is 0 Å². The highest BCUT2D eigenvalue weighted by Gasteiger charge is 2.53. The molecule has 0 saturated heterocycles. The van der Waals surface area contributed by atoms with E-state index in [2.05, 4.69) is 53.7 Å². The fourth-order valence-electron chi connectivity index (χ4n) is 6.07. The maximum atomic E-state index is 13.6. The van der Waals surface area contributed by atoms with Crippen LogP contribution in [0, 0.1) is 12.3 Å². The molecule has 0 radical (unpaired) electrons. The number of carbonyl (C=O) groups is 1. The van der Waals surface area contributed by atoms with Gasteiger partial charge in [-0.2, -0.15) is 5.11 Å². The maximum absolute atomic E-state index is 13.6. The van der Waals surface area contributed by atoms with Gasteiger partial charge in [0.25, 0.3) is 0 Å². The van der Waals surface area contributed by atoms with Crippen molar-refractivity contribution in [3.8, 4) is 0 Å². The third-order valence-electron chi connectivity index (χ3n) is 7.27. The summed E-state index contributed by atoms with van der Waals surface area (Å²) >= 11 is 0. The number of hydrogen-bond acceptors (Lipinski definition) is 4. The minimum Gasteiger partial charge on any atom is -0.342 e. The van der Waals surface area contributed by atoms with Crippen molar-refractivity contribution in [1.29, 1.82) is 0 Å². The molecule has 2 aliphatic carbocycles. The Hall–Kier alpha value is -2.23. The van der Waals surface area contributed by atoms with Gasteiger partial charge in [-0.25, -0.2) is 0 Å². The number of carbonyl (C=O) groups excluding carboxylic acids is 1. The zero-order chi connectivity index (χ0) is 18.6. The molecule has 1 saturated carbocycles. The van der Waals surface area contributed by atoms with Crippen LogP contribution in [0.1, 0.15) is 63.0 Å². The van der Waals surface area contributed by atoms with Crippen molar-refractivity contribution >= 4 is 5.78 Å². The van der Waals surface area contributed by atoms with Crippen molar-refractivity contribution in [1.82, 2.24) is 5.32 Å². The fraction of sp³-hybridized carbons (Fsp3) is 0.522.